The van der Waals surface area contributed by atoms with Crippen molar-refractivity contribution in [1.29, 1.82) is 0 Å². The van der Waals surface area contributed by atoms with Crippen LogP contribution in [-0.2, 0) is 4.79 Å². The van der Waals surface area contributed by atoms with Gasteiger partial charge < -0.3 is 5.32 Å². The van der Waals surface area contributed by atoms with Crippen molar-refractivity contribution in [2.75, 3.05) is 25.0 Å². The van der Waals surface area contributed by atoms with Crippen LogP contribution in [0.4, 0.5) is 5.69 Å². The lowest BCUT2D eigenvalue weighted by Crippen LogP contribution is -2.42. The molecule has 0 radical (unpaired) electrons. The van der Waals surface area contributed by atoms with Crippen molar-refractivity contribution in [3.8, 4) is 0 Å². The molecule has 0 aliphatic carbocycles. The highest BCUT2D eigenvalue weighted by Gasteiger charge is 2.23. The molecule has 0 aromatic heterocycles. The number of anilines is 1. The molecule has 0 spiro atoms. The molecule has 4 heteroatoms. The number of likely N-dealkylation sites (tertiary alicyclic amines) is 1. The van der Waals surface area contributed by atoms with Crippen molar-refractivity contribution in [3.05, 3.63) is 28.2 Å². The van der Waals surface area contributed by atoms with E-state index in [0.717, 1.165) is 28.8 Å². The van der Waals surface area contributed by atoms with E-state index in [2.05, 4.69) is 40.0 Å². The third kappa shape index (κ3) is 4.32. The molecule has 1 heterocycles. The minimum Gasteiger partial charge on any atom is -0.325 e. The number of amides is 1. The van der Waals surface area contributed by atoms with Crippen LogP contribution < -0.4 is 5.32 Å². The largest absolute Gasteiger partial charge is 0.325 e. The fourth-order valence-corrected chi connectivity index (χ4v) is 3.56. The van der Waals surface area contributed by atoms with Gasteiger partial charge in [-0.1, -0.05) is 29.8 Å². The Labute approximate surface area is 129 Å². The van der Waals surface area contributed by atoms with Crippen LogP contribution in [0.1, 0.15) is 25.8 Å². The van der Waals surface area contributed by atoms with Crippen molar-refractivity contribution < 1.29 is 4.79 Å². The molecule has 1 aliphatic rings. The summed E-state index contributed by atoms with van der Waals surface area (Å²) in [6.07, 6.45) is 1.27. The molecule has 20 heavy (non-hydrogen) atoms. The normalized spacial score (nSPS) is 23.6. The van der Waals surface area contributed by atoms with E-state index in [0.29, 0.717) is 18.4 Å². The fourth-order valence-electron chi connectivity index (χ4n) is 3.08. The molecule has 110 valence electrons. The van der Waals surface area contributed by atoms with Gasteiger partial charge in [-0.15, -0.1) is 0 Å². The number of hydrogen-bond acceptors (Lipinski definition) is 2. The van der Waals surface area contributed by atoms with Crippen LogP contribution >= 0.6 is 15.9 Å². The van der Waals surface area contributed by atoms with Gasteiger partial charge in [0.1, 0.15) is 0 Å². The average Bonchev–Trinajstić information content (AvgIpc) is 2.31. The van der Waals surface area contributed by atoms with Gasteiger partial charge in [-0.2, -0.15) is 0 Å². The first kappa shape index (κ1) is 15.5. The molecule has 2 atom stereocenters. The van der Waals surface area contributed by atoms with Gasteiger partial charge in [0.15, 0.2) is 0 Å². The zero-order chi connectivity index (χ0) is 14.7. The summed E-state index contributed by atoms with van der Waals surface area (Å²) in [6, 6.07) is 5.91. The Bertz CT molecular complexity index is 479. The molecule has 1 aromatic carbocycles. The van der Waals surface area contributed by atoms with Gasteiger partial charge in [0.25, 0.3) is 0 Å². The number of carbonyl (C=O) groups excluding carboxylic acids is 1. The van der Waals surface area contributed by atoms with Gasteiger partial charge in [0.2, 0.25) is 5.91 Å². The monoisotopic (exact) mass is 338 g/mol. The van der Waals surface area contributed by atoms with Gasteiger partial charge in [-0.05, 0) is 48.9 Å². The van der Waals surface area contributed by atoms with Gasteiger partial charge in [-0.25, -0.2) is 0 Å². The van der Waals surface area contributed by atoms with E-state index in [1.807, 2.05) is 25.1 Å². The molecule has 0 unspecified atom stereocenters. The maximum atomic E-state index is 12.2. The number of benzene rings is 1. The summed E-state index contributed by atoms with van der Waals surface area (Å²) in [5.74, 6) is 1.44. The molecular weight excluding hydrogens is 316 g/mol. The minimum atomic E-state index is 0.0803. The van der Waals surface area contributed by atoms with Crippen molar-refractivity contribution in [3.63, 3.8) is 0 Å². The predicted octanol–water partition coefficient (Wildman–Crippen LogP) is 3.67. The number of piperidine rings is 1. The first-order chi connectivity index (χ1) is 9.44. The summed E-state index contributed by atoms with van der Waals surface area (Å²) >= 11 is 3.43. The van der Waals surface area contributed by atoms with Gasteiger partial charge in [-0.3, -0.25) is 9.69 Å². The highest BCUT2D eigenvalue weighted by molar-refractivity contribution is 9.10. The van der Waals surface area contributed by atoms with Crippen LogP contribution in [0.5, 0.6) is 0 Å². The van der Waals surface area contributed by atoms with Crippen molar-refractivity contribution in [2.24, 2.45) is 11.8 Å². The van der Waals surface area contributed by atoms with Crippen LogP contribution in [0, 0.1) is 18.8 Å². The van der Waals surface area contributed by atoms with Crippen LogP contribution in [0.25, 0.3) is 0 Å². The summed E-state index contributed by atoms with van der Waals surface area (Å²) in [5.41, 5.74) is 1.98. The van der Waals surface area contributed by atoms with E-state index in [9.17, 15) is 4.79 Å². The molecule has 1 amide bonds. The van der Waals surface area contributed by atoms with E-state index in [4.69, 9.17) is 0 Å². The number of halogens is 1. The van der Waals surface area contributed by atoms with E-state index >= 15 is 0 Å². The van der Waals surface area contributed by atoms with Gasteiger partial charge in [0.05, 0.1) is 6.54 Å². The third-order valence-corrected chi connectivity index (χ3v) is 4.27. The summed E-state index contributed by atoms with van der Waals surface area (Å²) in [4.78, 5) is 14.4. The van der Waals surface area contributed by atoms with E-state index in [1.165, 1.54) is 6.42 Å². The number of aryl methyl sites for hydroxylation is 1. The smallest absolute Gasteiger partial charge is 0.238 e. The Kier molecular flexibility index (Phi) is 5.22. The first-order valence-corrected chi connectivity index (χ1v) is 8.01. The second-order valence-corrected chi connectivity index (χ2v) is 7.06. The topological polar surface area (TPSA) is 32.3 Å². The van der Waals surface area contributed by atoms with Crippen LogP contribution in [-0.4, -0.2) is 30.4 Å². The minimum absolute atomic E-state index is 0.0803. The first-order valence-electron chi connectivity index (χ1n) is 7.22. The molecule has 2 rings (SSSR count). The van der Waals surface area contributed by atoms with Crippen molar-refractivity contribution in [2.45, 2.75) is 27.2 Å². The molecule has 3 nitrogen and oxygen atoms in total. The van der Waals surface area contributed by atoms with Gasteiger partial charge >= 0.3 is 0 Å². The van der Waals surface area contributed by atoms with Crippen LogP contribution in [0.15, 0.2) is 22.7 Å². The Balaban J connectivity index is 1.92. The second kappa shape index (κ2) is 6.72. The second-order valence-electron chi connectivity index (χ2n) is 6.15. The number of nitrogens with one attached hydrogen (secondary N) is 1. The molecule has 1 aliphatic heterocycles. The molecule has 1 N–H and O–H groups in total. The Hall–Kier alpha value is -0.870. The summed E-state index contributed by atoms with van der Waals surface area (Å²) < 4.78 is 1.03. The van der Waals surface area contributed by atoms with Crippen LogP contribution in [0.2, 0.25) is 0 Å². The number of carbonyl (C=O) groups is 1. The average molecular weight is 339 g/mol. The third-order valence-electron chi connectivity index (χ3n) is 3.77. The summed E-state index contributed by atoms with van der Waals surface area (Å²) in [6.45, 7) is 9.07. The summed E-state index contributed by atoms with van der Waals surface area (Å²) in [7, 11) is 0. The zero-order valence-corrected chi connectivity index (χ0v) is 14.0. The zero-order valence-electron chi connectivity index (χ0n) is 12.4. The Morgan fingerprint density at radius 1 is 1.35 bits per heavy atom. The highest BCUT2D eigenvalue weighted by Crippen LogP contribution is 2.22. The molecule has 0 saturated carbocycles. The lowest BCUT2D eigenvalue weighted by Gasteiger charge is -2.34. The van der Waals surface area contributed by atoms with Crippen LogP contribution in [0.3, 0.4) is 0 Å². The SMILES string of the molecule is Cc1cc(Br)ccc1NC(=O)CN1C[C@H](C)C[C@@H](C)C1. The van der Waals surface area contributed by atoms with Gasteiger partial charge in [0, 0.05) is 23.2 Å². The quantitative estimate of drug-likeness (QED) is 0.911. The molecule has 1 fully saturated rings. The molecular formula is C16H23BrN2O. The Morgan fingerprint density at radius 2 is 2.00 bits per heavy atom. The molecule has 1 aromatic rings. The lowest BCUT2D eigenvalue weighted by atomic mass is 9.92. The van der Waals surface area contributed by atoms with Crippen molar-refractivity contribution >= 4 is 27.5 Å². The number of hydrogen-bond donors (Lipinski definition) is 1. The maximum Gasteiger partial charge on any atom is 0.238 e. The van der Waals surface area contributed by atoms with E-state index in [1.54, 1.807) is 0 Å². The van der Waals surface area contributed by atoms with Crippen molar-refractivity contribution in [1.82, 2.24) is 4.90 Å². The fraction of sp³-hybridized carbons (Fsp3) is 0.562. The Morgan fingerprint density at radius 3 is 2.60 bits per heavy atom. The highest BCUT2D eigenvalue weighted by atomic mass is 79.9. The lowest BCUT2D eigenvalue weighted by molar-refractivity contribution is -0.117. The van der Waals surface area contributed by atoms with E-state index in [-0.39, 0.29) is 5.91 Å². The summed E-state index contributed by atoms with van der Waals surface area (Å²) in [5, 5.41) is 3.01. The number of nitrogens with zero attached hydrogens (tertiary/aromatic N) is 1. The maximum absolute atomic E-state index is 12.2. The van der Waals surface area contributed by atoms with E-state index < -0.39 is 0 Å². The predicted molar refractivity (Wildman–Crippen MR) is 86.9 cm³/mol. The number of rotatable bonds is 3. The molecule has 1 saturated heterocycles. The standard InChI is InChI=1S/C16H23BrN2O/c1-11-6-12(2)9-19(8-11)10-16(20)18-15-5-4-14(17)7-13(15)3/h4-5,7,11-12H,6,8-10H2,1-3H3,(H,18,20)/t11-,12-/m1/s1. The molecule has 0 bridgehead atoms.